The zero-order chi connectivity index (χ0) is 11.9. The van der Waals surface area contributed by atoms with E-state index >= 15 is 0 Å². The van der Waals surface area contributed by atoms with Crippen LogP contribution in [-0.4, -0.2) is 58.9 Å². The summed E-state index contributed by atoms with van der Waals surface area (Å²) in [6.07, 6.45) is 5.62. The number of carbonyl (C=O) groups excluding carboxylic acids is 1. The molecule has 0 radical (unpaired) electrons. The number of rotatable bonds is 1. The molecule has 4 heteroatoms. The second-order valence-corrected chi connectivity index (χ2v) is 6.88. The normalized spacial score (nSPS) is 33.8. The van der Waals surface area contributed by atoms with Gasteiger partial charge in [-0.2, -0.15) is 11.8 Å². The largest absolute Gasteiger partial charge is 0.340 e. The Morgan fingerprint density at radius 2 is 2.06 bits per heavy atom. The zero-order valence-corrected chi connectivity index (χ0v) is 11.5. The zero-order valence-electron chi connectivity index (χ0n) is 10.7. The number of amides is 1. The van der Waals surface area contributed by atoms with Gasteiger partial charge in [0.05, 0.1) is 0 Å². The molecule has 0 aromatic carbocycles. The summed E-state index contributed by atoms with van der Waals surface area (Å²) in [4.78, 5) is 16.4. The van der Waals surface area contributed by atoms with Gasteiger partial charge < -0.3 is 4.90 Å². The first-order valence-corrected chi connectivity index (χ1v) is 7.95. The highest BCUT2D eigenvalue weighted by molar-refractivity contribution is 7.99. The van der Waals surface area contributed by atoms with E-state index in [1.54, 1.807) is 0 Å². The molecule has 3 saturated heterocycles. The topological polar surface area (TPSA) is 23.6 Å². The predicted octanol–water partition coefficient (Wildman–Crippen LogP) is 1.58. The molecule has 0 saturated carbocycles. The first-order chi connectivity index (χ1) is 8.21. The van der Waals surface area contributed by atoms with Crippen molar-refractivity contribution < 1.29 is 4.79 Å². The van der Waals surface area contributed by atoms with Gasteiger partial charge in [0.25, 0.3) is 0 Å². The first-order valence-electron chi connectivity index (χ1n) is 6.80. The minimum Gasteiger partial charge on any atom is -0.340 e. The fourth-order valence-corrected chi connectivity index (χ4v) is 4.90. The van der Waals surface area contributed by atoms with E-state index in [2.05, 4.69) is 16.7 Å². The molecule has 1 spiro atoms. The second kappa shape index (κ2) is 4.47. The third-order valence-corrected chi connectivity index (χ3v) is 6.19. The lowest BCUT2D eigenvalue weighted by atomic mass is 9.84. The summed E-state index contributed by atoms with van der Waals surface area (Å²) in [5.41, 5.74) is 0.222. The van der Waals surface area contributed by atoms with Crippen molar-refractivity contribution in [2.45, 2.75) is 43.7 Å². The van der Waals surface area contributed by atoms with Gasteiger partial charge in [-0.05, 0) is 31.4 Å². The van der Waals surface area contributed by atoms with E-state index in [4.69, 9.17) is 0 Å². The van der Waals surface area contributed by atoms with Crippen LogP contribution in [0.2, 0.25) is 0 Å². The van der Waals surface area contributed by atoms with E-state index in [1.807, 2.05) is 11.9 Å². The van der Waals surface area contributed by atoms with Crippen LogP contribution in [0.1, 0.15) is 32.1 Å². The number of piperidine rings is 1. The summed E-state index contributed by atoms with van der Waals surface area (Å²) in [7, 11) is 2.01. The van der Waals surface area contributed by atoms with Crippen LogP contribution in [-0.2, 0) is 4.79 Å². The molecule has 0 aromatic heterocycles. The van der Waals surface area contributed by atoms with Crippen LogP contribution in [0.25, 0.3) is 0 Å². The minimum atomic E-state index is 0.222. The average Bonchev–Trinajstić information content (AvgIpc) is 2.96. The van der Waals surface area contributed by atoms with Gasteiger partial charge in [0.15, 0.2) is 0 Å². The summed E-state index contributed by atoms with van der Waals surface area (Å²) >= 11 is 2.09. The highest BCUT2D eigenvalue weighted by Crippen LogP contribution is 2.39. The van der Waals surface area contributed by atoms with Gasteiger partial charge in [0.1, 0.15) is 0 Å². The maximum absolute atomic E-state index is 11.7. The summed E-state index contributed by atoms with van der Waals surface area (Å²) in [5, 5.41) is 0. The SMILES string of the molecule is CN1C(=O)CCC12CCN([C@@H]1CCSC1)CC2. The van der Waals surface area contributed by atoms with Crippen molar-refractivity contribution in [3.05, 3.63) is 0 Å². The predicted molar refractivity (Wildman–Crippen MR) is 71.3 cm³/mol. The van der Waals surface area contributed by atoms with E-state index < -0.39 is 0 Å². The van der Waals surface area contributed by atoms with Crippen molar-refractivity contribution in [1.82, 2.24) is 9.80 Å². The minimum absolute atomic E-state index is 0.222. The fraction of sp³-hybridized carbons (Fsp3) is 0.923. The molecule has 3 heterocycles. The van der Waals surface area contributed by atoms with E-state index in [0.29, 0.717) is 5.91 Å². The average molecular weight is 254 g/mol. The van der Waals surface area contributed by atoms with Gasteiger partial charge in [-0.25, -0.2) is 0 Å². The fourth-order valence-electron chi connectivity index (χ4n) is 3.64. The summed E-state index contributed by atoms with van der Waals surface area (Å²) in [5.74, 6) is 3.02. The number of hydrogen-bond acceptors (Lipinski definition) is 3. The Morgan fingerprint density at radius 3 is 2.59 bits per heavy atom. The Kier molecular flexibility index (Phi) is 3.11. The summed E-state index contributed by atoms with van der Waals surface area (Å²) in [6, 6.07) is 0.819. The number of carbonyl (C=O) groups is 1. The molecule has 0 aliphatic carbocycles. The Bertz CT molecular complexity index is 307. The first kappa shape index (κ1) is 11.8. The lowest BCUT2D eigenvalue weighted by molar-refractivity contribution is -0.130. The summed E-state index contributed by atoms with van der Waals surface area (Å²) < 4.78 is 0. The molecule has 3 nitrogen and oxygen atoms in total. The van der Waals surface area contributed by atoms with Crippen LogP contribution in [0.4, 0.5) is 0 Å². The van der Waals surface area contributed by atoms with Crippen molar-refractivity contribution in [1.29, 1.82) is 0 Å². The lowest BCUT2D eigenvalue weighted by Gasteiger charge is -2.45. The van der Waals surface area contributed by atoms with E-state index in [-0.39, 0.29) is 5.54 Å². The third-order valence-electron chi connectivity index (χ3n) is 5.04. The molecule has 17 heavy (non-hydrogen) atoms. The molecule has 3 aliphatic rings. The van der Waals surface area contributed by atoms with Crippen LogP contribution < -0.4 is 0 Å². The van der Waals surface area contributed by atoms with Crippen LogP contribution in [0, 0.1) is 0 Å². The number of likely N-dealkylation sites (tertiary alicyclic amines) is 2. The third kappa shape index (κ3) is 1.99. The van der Waals surface area contributed by atoms with Crippen molar-refractivity contribution in [3.63, 3.8) is 0 Å². The Morgan fingerprint density at radius 1 is 1.29 bits per heavy atom. The van der Waals surface area contributed by atoms with Crippen molar-refractivity contribution >= 4 is 17.7 Å². The quantitative estimate of drug-likeness (QED) is 0.710. The Balaban J connectivity index is 1.62. The van der Waals surface area contributed by atoms with Crippen LogP contribution >= 0.6 is 11.8 Å². The molecule has 0 bridgehead atoms. The smallest absolute Gasteiger partial charge is 0.222 e. The molecule has 96 valence electrons. The molecule has 3 fully saturated rings. The standard InChI is InChI=1S/C13H22N2OS/c1-14-12(16)2-4-13(14)5-7-15(8-6-13)11-3-9-17-10-11/h11H,2-10H2,1H3/t11-/m1/s1. The van der Waals surface area contributed by atoms with Gasteiger partial charge in [0, 0.05) is 43.9 Å². The van der Waals surface area contributed by atoms with Crippen LogP contribution in [0.15, 0.2) is 0 Å². The van der Waals surface area contributed by atoms with Gasteiger partial charge in [-0.1, -0.05) is 0 Å². The molecule has 0 N–H and O–H groups in total. The monoisotopic (exact) mass is 254 g/mol. The molecule has 3 rings (SSSR count). The van der Waals surface area contributed by atoms with Crippen LogP contribution in [0.5, 0.6) is 0 Å². The number of hydrogen-bond donors (Lipinski definition) is 0. The Labute approximate surface area is 108 Å². The van der Waals surface area contributed by atoms with Crippen molar-refractivity contribution in [2.24, 2.45) is 0 Å². The van der Waals surface area contributed by atoms with Gasteiger partial charge in [-0.3, -0.25) is 9.69 Å². The molecule has 0 aromatic rings. The Hall–Kier alpha value is -0.220. The van der Waals surface area contributed by atoms with Gasteiger partial charge in [0.2, 0.25) is 5.91 Å². The molecule has 1 atom stereocenters. The molecular weight excluding hydrogens is 232 g/mol. The van der Waals surface area contributed by atoms with E-state index in [1.165, 1.54) is 43.9 Å². The maximum atomic E-state index is 11.7. The highest BCUT2D eigenvalue weighted by atomic mass is 32.2. The van der Waals surface area contributed by atoms with Crippen LogP contribution in [0.3, 0.4) is 0 Å². The summed E-state index contributed by atoms with van der Waals surface area (Å²) in [6.45, 7) is 2.39. The molecule has 3 aliphatic heterocycles. The number of nitrogens with zero attached hydrogens (tertiary/aromatic N) is 2. The second-order valence-electron chi connectivity index (χ2n) is 5.73. The highest BCUT2D eigenvalue weighted by Gasteiger charge is 2.45. The van der Waals surface area contributed by atoms with Crippen molar-refractivity contribution in [2.75, 3.05) is 31.6 Å². The van der Waals surface area contributed by atoms with Gasteiger partial charge >= 0.3 is 0 Å². The number of thioether (sulfide) groups is 1. The van der Waals surface area contributed by atoms with Crippen molar-refractivity contribution in [3.8, 4) is 0 Å². The lowest BCUT2D eigenvalue weighted by Crippen LogP contribution is -2.53. The molecular formula is C13H22N2OS. The van der Waals surface area contributed by atoms with E-state index in [9.17, 15) is 4.79 Å². The van der Waals surface area contributed by atoms with Gasteiger partial charge in [-0.15, -0.1) is 0 Å². The molecule has 0 unspecified atom stereocenters. The van der Waals surface area contributed by atoms with E-state index in [0.717, 1.165) is 18.9 Å². The maximum Gasteiger partial charge on any atom is 0.222 e. The molecule has 1 amide bonds.